The number of halogens is 3. The number of pyridine rings is 1. The quantitative estimate of drug-likeness (QED) is 0.367. The highest BCUT2D eigenvalue weighted by Gasteiger charge is 2.35. The second kappa shape index (κ2) is 10.9. The van der Waals surface area contributed by atoms with Crippen molar-refractivity contribution in [3.63, 3.8) is 0 Å². The fourth-order valence-corrected chi connectivity index (χ4v) is 5.20. The van der Waals surface area contributed by atoms with Gasteiger partial charge in [-0.15, -0.1) is 0 Å². The zero-order chi connectivity index (χ0) is 28.6. The number of aromatic nitrogens is 5. The summed E-state index contributed by atoms with van der Waals surface area (Å²) in [4.78, 5) is 36.5. The molecule has 3 aromatic heterocycles. The van der Waals surface area contributed by atoms with Gasteiger partial charge in [-0.1, -0.05) is 6.92 Å². The number of carbonyl (C=O) groups is 1. The Kier molecular flexibility index (Phi) is 7.42. The third-order valence-corrected chi connectivity index (χ3v) is 7.13. The van der Waals surface area contributed by atoms with Gasteiger partial charge in [0.2, 0.25) is 5.88 Å². The number of amides is 1. The number of likely N-dealkylation sites (tertiary alicyclic amines) is 1. The van der Waals surface area contributed by atoms with Crippen LogP contribution in [-0.4, -0.2) is 53.3 Å². The maximum atomic E-state index is 14.3. The van der Waals surface area contributed by atoms with E-state index in [1.165, 1.54) is 27.8 Å². The summed E-state index contributed by atoms with van der Waals surface area (Å²) < 4.78 is 45.5. The number of hydrogen-bond donors (Lipinski definition) is 1. The highest BCUT2D eigenvalue weighted by molar-refractivity contribution is 5.96. The number of benzene rings is 1. The largest absolute Gasteiger partial charge is 0.494 e. The highest BCUT2D eigenvalue weighted by Crippen LogP contribution is 2.35. The lowest BCUT2D eigenvalue weighted by Crippen LogP contribution is -2.35. The molecule has 1 saturated heterocycles. The van der Waals surface area contributed by atoms with Crippen LogP contribution >= 0.6 is 0 Å². The summed E-state index contributed by atoms with van der Waals surface area (Å²) in [5, 5.41) is 15.9. The molecular formula is C28H27F3N6O3. The molecule has 1 fully saturated rings. The second-order valence-electron chi connectivity index (χ2n) is 9.60. The molecule has 2 atom stereocenters. The number of rotatable bonds is 7. The molecule has 4 heterocycles. The van der Waals surface area contributed by atoms with Gasteiger partial charge >= 0.3 is 0 Å². The zero-order valence-corrected chi connectivity index (χ0v) is 21.9. The molecule has 0 radical (unpaired) electrons. The molecular weight excluding hydrogens is 525 g/mol. The predicted octanol–water partition coefficient (Wildman–Crippen LogP) is 4.27. The summed E-state index contributed by atoms with van der Waals surface area (Å²) in [6.07, 6.45) is 3.76. The van der Waals surface area contributed by atoms with Crippen molar-refractivity contribution in [2.24, 2.45) is 0 Å². The van der Waals surface area contributed by atoms with Crippen LogP contribution < -0.4 is 5.56 Å². The molecule has 5 rings (SSSR count). The lowest BCUT2D eigenvalue weighted by atomic mass is 10.0. The maximum Gasteiger partial charge on any atom is 0.290 e. The molecule has 40 heavy (non-hydrogen) atoms. The number of aryl methyl sites for hydroxylation is 1. The lowest BCUT2D eigenvalue weighted by Gasteiger charge is -2.25. The first-order valence-electron chi connectivity index (χ1n) is 13.0. The van der Waals surface area contributed by atoms with Crippen molar-refractivity contribution in [3.8, 4) is 17.4 Å². The van der Waals surface area contributed by atoms with E-state index in [2.05, 4.69) is 15.1 Å². The monoisotopic (exact) mass is 552 g/mol. The molecule has 208 valence electrons. The van der Waals surface area contributed by atoms with Gasteiger partial charge in [-0.3, -0.25) is 23.8 Å². The van der Waals surface area contributed by atoms with Gasteiger partial charge in [0, 0.05) is 44.0 Å². The molecule has 1 aromatic carbocycles. The van der Waals surface area contributed by atoms with E-state index in [-0.39, 0.29) is 42.3 Å². The van der Waals surface area contributed by atoms with Crippen molar-refractivity contribution < 1.29 is 23.1 Å². The van der Waals surface area contributed by atoms with E-state index in [1.54, 1.807) is 23.9 Å². The molecule has 1 amide bonds. The van der Waals surface area contributed by atoms with Crippen molar-refractivity contribution in [2.45, 2.75) is 45.2 Å². The minimum absolute atomic E-state index is 0.0578. The first kappa shape index (κ1) is 27.1. The van der Waals surface area contributed by atoms with Gasteiger partial charge in [0.15, 0.2) is 11.4 Å². The van der Waals surface area contributed by atoms with E-state index in [1.807, 2.05) is 6.92 Å². The third kappa shape index (κ3) is 4.96. The van der Waals surface area contributed by atoms with E-state index in [0.29, 0.717) is 13.0 Å². The van der Waals surface area contributed by atoms with Crippen LogP contribution in [0.1, 0.15) is 60.3 Å². The topological polar surface area (TPSA) is 106 Å². The van der Waals surface area contributed by atoms with Crippen molar-refractivity contribution in [1.29, 1.82) is 0 Å². The van der Waals surface area contributed by atoms with Gasteiger partial charge in [-0.2, -0.15) is 10.1 Å². The summed E-state index contributed by atoms with van der Waals surface area (Å²) in [5.74, 6) is -4.06. The maximum absolute atomic E-state index is 14.3. The molecule has 1 N–H and O–H groups in total. The highest BCUT2D eigenvalue weighted by atomic mass is 19.1. The van der Waals surface area contributed by atoms with Crippen molar-refractivity contribution in [2.75, 3.05) is 13.1 Å². The summed E-state index contributed by atoms with van der Waals surface area (Å²) >= 11 is 0. The van der Waals surface area contributed by atoms with Crippen LogP contribution in [-0.2, 0) is 6.54 Å². The number of hydrogen-bond acceptors (Lipinski definition) is 6. The molecule has 4 aromatic rings. The fraction of sp³-hybridized carbons (Fsp3) is 0.321. The number of aromatic hydroxyl groups is 1. The fourth-order valence-electron chi connectivity index (χ4n) is 5.20. The minimum atomic E-state index is -0.979. The molecule has 9 nitrogen and oxygen atoms in total. The molecule has 12 heteroatoms. The van der Waals surface area contributed by atoms with Gasteiger partial charge in [0.05, 0.1) is 11.7 Å². The van der Waals surface area contributed by atoms with E-state index in [9.17, 15) is 27.9 Å². The van der Waals surface area contributed by atoms with E-state index in [4.69, 9.17) is 0 Å². The Bertz CT molecular complexity index is 1620. The van der Waals surface area contributed by atoms with Gasteiger partial charge in [-0.05, 0) is 55.7 Å². The van der Waals surface area contributed by atoms with Crippen LogP contribution in [0, 0.1) is 17.5 Å². The van der Waals surface area contributed by atoms with Gasteiger partial charge in [-0.25, -0.2) is 13.2 Å². The SMILES string of the molecule is CCC(c1cc(F)cc(F)c1)n1c(-c2ccn(CC)n2)nc(=O)c(C(=O)N2CCC(c3ncccc3F)C2)c1O. The number of carbonyl (C=O) groups excluding carboxylic acids is 1. The van der Waals surface area contributed by atoms with E-state index >= 15 is 0 Å². The summed E-state index contributed by atoms with van der Waals surface area (Å²) in [7, 11) is 0. The molecule has 0 spiro atoms. The average Bonchev–Trinajstić information content (AvgIpc) is 3.60. The normalized spacial score (nSPS) is 15.9. The third-order valence-electron chi connectivity index (χ3n) is 7.13. The van der Waals surface area contributed by atoms with E-state index < -0.39 is 52.3 Å². The summed E-state index contributed by atoms with van der Waals surface area (Å²) in [6, 6.07) is 6.43. The zero-order valence-electron chi connectivity index (χ0n) is 21.9. The molecule has 1 aliphatic heterocycles. The predicted molar refractivity (Wildman–Crippen MR) is 139 cm³/mol. The molecule has 0 bridgehead atoms. The van der Waals surface area contributed by atoms with Crippen LogP contribution in [0.2, 0.25) is 0 Å². The standard InChI is InChI=1S/C28H27F3N6O3/c1-3-22(17-12-18(29)14-19(30)13-17)37-25(21-8-11-36(4-2)34-21)33-26(38)23(28(37)40)27(39)35-10-7-16(15-35)24-20(31)6-5-9-32-24/h5-6,8-9,11-14,16,22,40H,3-4,7,10,15H2,1-2H3. The van der Waals surface area contributed by atoms with Crippen LogP contribution in [0.25, 0.3) is 11.5 Å². The second-order valence-corrected chi connectivity index (χ2v) is 9.60. The van der Waals surface area contributed by atoms with Crippen molar-refractivity contribution in [3.05, 3.63) is 93.4 Å². The lowest BCUT2D eigenvalue weighted by molar-refractivity contribution is 0.0783. The Balaban J connectivity index is 1.62. The molecule has 2 unspecified atom stereocenters. The van der Waals surface area contributed by atoms with E-state index in [0.717, 1.165) is 18.2 Å². The van der Waals surface area contributed by atoms with Gasteiger partial charge in [0.25, 0.3) is 11.5 Å². The van der Waals surface area contributed by atoms with Crippen LogP contribution in [0.5, 0.6) is 5.88 Å². The molecule has 0 aliphatic carbocycles. The molecule has 0 saturated carbocycles. The van der Waals surface area contributed by atoms with Crippen LogP contribution in [0.4, 0.5) is 13.2 Å². The van der Waals surface area contributed by atoms with Crippen molar-refractivity contribution in [1.82, 2.24) is 29.2 Å². The molecule has 1 aliphatic rings. The number of nitrogens with zero attached hydrogens (tertiary/aromatic N) is 6. The van der Waals surface area contributed by atoms with Gasteiger partial charge in [0.1, 0.15) is 23.1 Å². The Hall–Kier alpha value is -4.48. The van der Waals surface area contributed by atoms with Gasteiger partial charge < -0.3 is 10.0 Å². The van der Waals surface area contributed by atoms with Crippen LogP contribution in [0.3, 0.4) is 0 Å². The first-order valence-corrected chi connectivity index (χ1v) is 13.0. The minimum Gasteiger partial charge on any atom is -0.494 e. The average molecular weight is 553 g/mol. The Morgan fingerprint density at radius 2 is 1.90 bits per heavy atom. The smallest absolute Gasteiger partial charge is 0.290 e. The van der Waals surface area contributed by atoms with Crippen LogP contribution in [0.15, 0.2) is 53.6 Å². The van der Waals surface area contributed by atoms with Crippen molar-refractivity contribution >= 4 is 5.91 Å². The Morgan fingerprint density at radius 3 is 2.55 bits per heavy atom. The summed E-state index contributed by atoms with van der Waals surface area (Å²) in [6.45, 7) is 4.40. The Morgan fingerprint density at radius 1 is 1.15 bits per heavy atom. The Labute approximate surface area is 227 Å². The first-order chi connectivity index (χ1) is 19.2. The summed E-state index contributed by atoms with van der Waals surface area (Å²) in [5.41, 5.74) is -0.945.